The molecule has 1 heterocycles. The van der Waals surface area contributed by atoms with Gasteiger partial charge in [-0.05, 0) is 25.5 Å². The van der Waals surface area contributed by atoms with Crippen LogP contribution in [0.25, 0.3) is 0 Å². The second kappa shape index (κ2) is 5.34. The molecule has 0 aliphatic heterocycles. The van der Waals surface area contributed by atoms with E-state index in [0.717, 1.165) is 12.1 Å². The van der Waals surface area contributed by atoms with Crippen LogP contribution >= 0.6 is 0 Å². The summed E-state index contributed by atoms with van der Waals surface area (Å²) in [5.41, 5.74) is 0.720. The number of hydrogen-bond acceptors (Lipinski definition) is 2. The smallest absolute Gasteiger partial charge is 0.321 e. The van der Waals surface area contributed by atoms with Gasteiger partial charge in [-0.3, -0.25) is 4.98 Å². The highest BCUT2D eigenvalue weighted by molar-refractivity contribution is 5.89. The van der Waals surface area contributed by atoms with E-state index in [4.69, 9.17) is 0 Å². The van der Waals surface area contributed by atoms with Gasteiger partial charge in [0.15, 0.2) is 0 Å². The van der Waals surface area contributed by atoms with Gasteiger partial charge in [0.25, 0.3) is 0 Å². The minimum absolute atomic E-state index is 0.0997. The van der Waals surface area contributed by atoms with Crippen molar-refractivity contribution in [2.45, 2.75) is 26.3 Å². The Bertz CT molecular complexity index is 313. The fourth-order valence-corrected chi connectivity index (χ4v) is 1.12. The average Bonchev–Trinajstić information content (AvgIpc) is 2.28. The summed E-state index contributed by atoms with van der Waals surface area (Å²) in [4.78, 5) is 17.3. The van der Waals surface area contributed by atoms with Crippen molar-refractivity contribution in [2.75, 3.05) is 12.4 Å². The van der Waals surface area contributed by atoms with Crippen molar-refractivity contribution in [1.29, 1.82) is 0 Å². The third-order valence-corrected chi connectivity index (χ3v) is 2.49. The molecule has 1 aromatic rings. The number of amides is 2. The third-order valence-electron chi connectivity index (χ3n) is 2.49. The van der Waals surface area contributed by atoms with Gasteiger partial charge in [0.05, 0.1) is 11.9 Å². The molecule has 0 aliphatic rings. The van der Waals surface area contributed by atoms with Crippen LogP contribution in [0.1, 0.15) is 20.3 Å². The van der Waals surface area contributed by atoms with E-state index in [9.17, 15) is 4.79 Å². The predicted molar refractivity (Wildman–Crippen MR) is 60.8 cm³/mol. The second-order valence-electron chi connectivity index (χ2n) is 3.54. The van der Waals surface area contributed by atoms with Crippen molar-refractivity contribution in [1.82, 2.24) is 9.88 Å². The Morgan fingerprint density at radius 1 is 1.67 bits per heavy atom. The number of urea groups is 1. The summed E-state index contributed by atoms with van der Waals surface area (Å²) in [7, 11) is 1.79. The molecule has 0 aromatic carbocycles. The minimum atomic E-state index is -0.0997. The van der Waals surface area contributed by atoms with Gasteiger partial charge in [-0.2, -0.15) is 0 Å². The lowest BCUT2D eigenvalue weighted by Crippen LogP contribution is -2.37. The summed E-state index contributed by atoms with van der Waals surface area (Å²) < 4.78 is 0. The minimum Gasteiger partial charge on any atom is -0.325 e. The summed E-state index contributed by atoms with van der Waals surface area (Å²) in [6.07, 6.45) is 4.24. The monoisotopic (exact) mass is 207 g/mol. The molecule has 0 fully saturated rings. The fourth-order valence-electron chi connectivity index (χ4n) is 1.12. The number of anilines is 1. The molecule has 1 rings (SSSR count). The molecule has 0 bridgehead atoms. The SMILES string of the molecule is CCC(C)N(C)C(=O)Nc1cccnc1. The molecule has 0 saturated heterocycles. The first kappa shape index (κ1) is 11.5. The van der Waals surface area contributed by atoms with E-state index in [2.05, 4.69) is 17.2 Å². The van der Waals surface area contributed by atoms with Crippen LogP contribution in [0.2, 0.25) is 0 Å². The zero-order valence-electron chi connectivity index (χ0n) is 9.40. The van der Waals surface area contributed by atoms with Gasteiger partial charge in [0, 0.05) is 19.3 Å². The van der Waals surface area contributed by atoms with Crippen LogP contribution in [0.4, 0.5) is 10.5 Å². The topological polar surface area (TPSA) is 45.2 Å². The van der Waals surface area contributed by atoms with Crippen LogP contribution in [0.15, 0.2) is 24.5 Å². The Labute approximate surface area is 90.3 Å². The Balaban J connectivity index is 2.56. The van der Waals surface area contributed by atoms with E-state index in [-0.39, 0.29) is 12.1 Å². The molecule has 1 unspecified atom stereocenters. The molecule has 2 amide bonds. The summed E-state index contributed by atoms with van der Waals surface area (Å²) in [6.45, 7) is 4.07. The number of nitrogens with zero attached hydrogens (tertiary/aromatic N) is 2. The summed E-state index contributed by atoms with van der Waals surface area (Å²) >= 11 is 0. The zero-order chi connectivity index (χ0) is 11.3. The van der Waals surface area contributed by atoms with E-state index >= 15 is 0 Å². The van der Waals surface area contributed by atoms with Crippen LogP contribution in [0.5, 0.6) is 0 Å². The third kappa shape index (κ3) is 3.23. The van der Waals surface area contributed by atoms with E-state index < -0.39 is 0 Å². The highest BCUT2D eigenvalue weighted by Gasteiger charge is 2.13. The molecule has 0 saturated carbocycles. The van der Waals surface area contributed by atoms with Crippen LogP contribution in [-0.2, 0) is 0 Å². The molecular formula is C11H17N3O. The van der Waals surface area contributed by atoms with E-state index in [1.807, 2.05) is 13.0 Å². The number of pyridine rings is 1. The standard InChI is InChI=1S/C11H17N3O/c1-4-9(2)14(3)11(15)13-10-6-5-7-12-8-10/h5-9H,4H2,1-3H3,(H,13,15). The van der Waals surface area contributed by atoms with Gasteiger partial charge < -0.3 is 10.2 Å². The quantitative estimate of drug-likeness (QED) is 0.826. The number of carbonyl (C=O) groups excluding carboxylic acids is 1. The molecule has 15 heavy (non-hydrogen) atoms. The lowest BCUT2D eigenvalue weighted by Gasteiger charge is -2.23. The highest BCUT2D eigenvalue weighted by Crippen LogP contribution is 2.06. The predicted octanol–water partition coefficient (Wildman–Crippen LogP) is 2.34. The van der Waals surface area contributed by atoms with E-state index in [1.165, 1.54) is 0 Å². The fraction of sp³-hybridized carbons (Fsp3) is 0.455. The van der Waals surface area contributed by atoms with Gasteiger partial charge in [-0.15, -0.1) is 0 Å². The Kier molecular flexibility index (Phi) is 4.09. The van der Waals surface area contributed by atoms with Crippen molar-refractivity contribution in [3.05, 3.63) is 24.5 Å². The van der Waals surface area contributed by atoms with Crippen LogP contribution in [-0.4, -0.2) is 29.0 Å². The Morgan fingerprint density at radius 3 is 2.93 bits per heavy atom. The van der Waals surface area contributed by atoms with Crippen molar-refractivity contribution >= 4 is 11.7 Å². The molecular weight excluding hydrogens is 190 g/mol. The molecule has 0 aliphatic carbocycles. The Morgan fingerprint density at radius 2 is 2.40 bits per heavy atom. The maximum atomic E-state index is 11.7. The molecule has 0 radical (unpaired) electrons. The largest absolute Gasteiger partial charge is 0.325 e. The van der Waals surface area contributed by atoms with Crippen molar-refractivity contribution in [3.8, 4) is 0 Å². The molecule has 1 N–H and O–H groups in total. The molecule has 4 heteroatoms. The van der Waals surface area contributed by atoms with Gasteiger partial charge >= 0.3 is 6.03 Å². The van der Waals surface area contributed by atoms with Crippen molar-refractivity contribution < 1.29 is 4.79 Å². The number of rotatable bonds is 3. The number of carbonyl (C=O) groups is 1. The number of hydrogen-bond donors (Lipinski definition) is 1. The van der Waals surface area contributed by atoms with Crippen LogP contribution in [0.3, 0.4) is 0 Å². The van der Waals surface area contributed by atoms with Gasteiger partial charge in [-0.1, -0.05) is 6.92 Å². The van der Waals surface area contributed by atoms with Gasteiger partial charge in [0.1, 0.15) is 0 Å². The maximum absolute atomic E-state index is 11.7. The van der Waals surface area contributed by atoms with Crippen molar-refractivity contribution in [2.24, 2.45) is 0 Å². The molecule has 82 valence electrons. The molecule has 1 aromatic heterocycles. The molecule has 1 atom stereocenters. The maximum Gasteiger partial charge on any atom is 0.321 e. The number of nitrogens with one attached hydrogen (secondary N) is 1. The first-order valence-electron chi connectivity index (χ1n) is 5.09. The summed E-state index contributed by atoms with van der Waals surface area (Å²) in [5.74, 6) is 0. The molecule has 0 spiro atoms. The van der Waals surface area contributed by atoms with Gasteiger partial charge in [0.2, 0.25) is 0 Å². The van der Waals surface area contributed by atoms with Crippen molar-refractivity contribution in [3.63, 3.8) is 0 Å². The summed E-state index contributed by atoms with van der Waals surface area (Å²) in [6, 6.07) is 3.74. The van der Waals surface area contributed by atoms with E-state index in [1.54, 1.807) is 30.4 Å². The summed E-state index contributed by atoms with van der Waals surface area (Å²) in [5, 5.41) is 2.78. The average molecular weight is 207 g/mol. The first-order chi connectivity index (χ1) is 7.15. The lowest BCUT2D eigenvalue weighted by atomic mass is 10.2. The lowest BCUT2D eigenvalue weighted by molar-refractivity contribution is 0.206. The highest BCUT2D eigenvalue weighted by atomic mass is 16.2. The van der Waals surface area contributed by atoms with Crippen LogP contribution in [0, 0.1) is 0 Å². The van der Waals surface area contributed by atoms with E-state index in [0.29, 0.717) is 0 Å². The first-order valence-corrected chi connectivity index (χ1v) is 5.09. The molecule has 4 nitrogen and oxygen atoms in total. The zero-order valence-corrected chi connectivity index (χ0v) is 9.40. The number of aromatic nitrogens is 1. The van der Waals surface area contributed by atoms with Crippen LogP contribution < -0.4 is 5.32 Å². The normalized spacial score (nSPS) is 11.9. The second-order valence-corrected chi connectivity index (χ2v) is 3.54. The Hall–Kier alpha value is -1.58. The van der Waals surface area contributed by atoms with Gasteiger partial charge in [-0.25, -0.2) is 4.79 Å².